The van der Waals surface area contributed by atoms with Crippen molar-refractivity contribution in [2.24, 2.45) is 0 Å². The third kappa shape index (κ3) is 2.25. The molecule has 0 amide bonds. The summed E-state index contributed by atoms with van der Waals surface area (Å²) in [4.78, 5) is 11.4. The Hall–Kier alpha value is -1.76. The third-order valence-electron chi connectivity index (χ3n) is 1.96. The van der Waals surface area contributed by atoms with E-state index in [0.717, 1.165) is 11.3 Å². The molecule has 0 bridgehead atoms. The van der Waals surface area contributed by atoms with Crippen LogP contribution >= 0.6 is 11.8 Å². The topological polar surface area (TPSA) is 79.4 Å². The molecule has 2 heterocycles. The molecule has 0 aliphatic carbocycles. The first-order chi connectivity index (χ1) is 7.81. The van der Waals surface area contributed by atoms with Crippen molar-refractivity contribution >= 4 is 11.8 Å². The van der Waals surface area contributed by atoms with Crippen molar-refractivity contribution in [3.63, 3.8) is 0 Å². The van der Waals surface area contributed by atoms with E-state index in [0.29, 0.717) is 11.7 Å². The summed E-state index contributed by atoms with van der Waals surface area (Å²) in [5.41, 5.74) is 0.847. The number of hydrogen-bond acceptors (Lipinski definition) is 4. The number of thioether (sulfide) groups is 1. The van der Waals surface area contributed by atoms with Gasteiger partial charge in [-0.25, -0.2) is 9.89 Å². The third-order valence-corrected chi connectivity index (χ3v) is 3.01. The zero-order valence-corrected chi connectivity index (χ0v) is 9.33. The van der Waals surface area contributed by atoms with Gasteiger partial charge in [0.15, 0.2) is 5.16 Å². The number of hydrogen-bond donors (Lipinski definition) is 2. The minimum absolute atomic E-state index is 0.213. The van der Waals surface area contributed by atoms with Gasteiger partial charge in [0, 0.05) is 24.1 Å². The molecule has 0 aliphatic heterocycles. The standard InChI is InChI=1S/C9H11N5OS/c1-2-3-14-8(15)12-13-9(14)16-6-7-4-10-11-5-7/h2,4-5H,1,3,6H2,(H,10,11)(H,12,15). The Morgan fingerprint density at radius 3 is 3.19 bits per heavy atom. The lowest BCUT2D eigenvalue weighted by Gasteiger charge is -2.00. The zero-order chi connectivity index (χ0) is 11.4. The van der Waals surface area contributed by atoms with Crippen molar-refractivity contribution in [2.75, 3.05) is 0 Å². The Morgan fingerprint density at radius 1 is 1.62 bits per heavy atom. The van der Waals surface area contributed by atoms with Gasteiger partial charge in [-0.15, -0.1) is 11.7 Å². The molecular formula is C9H11N5OS. The van der Waals surface area contributed by atoms with E-state index in [-0.39, 0.29) is 5.69 Å². The first kappa shape index (κ1) is 10.7. The normalized spacial score (nSPS) is 10.5. The van der Waals surface area contributed by atoms with Gasteiger partial charge in [-0.2, -0.15) is 5.10 Å². The summed E-state index contributed by atoms with van der Waals surface area (Å²) < 4.78 is 1.54. The van der Waals surface area contributed by atoms with Crippen LogP contribution in [0.2, 0.25) is 0 Å². The van der Waals surface area contributed by atoms with E-state index in [1.807, 2.05) is 6.20 Å². The van der Waals surface area contributed by atoms with E-state index in [9.17, 15) is 4.79 Å². The SMILES string of the molecule is C=CCn1c(SCc2cn[nH]c2)n[nH]c1=O. The lowest BCUT2D eigenvalue weighted by molar-refractivity contribution is 0.703. The van der Waals surface area contributed by atoms with Crippen LogP contribution in [0.5, 0.6) is 0 Å². The predicted octanol–water partition coefficient (Wildman–Crippen LogP) is 0.773. The molecule has 2 rings (SSSR count). The van der Waals surface area contributed by atoms with Gasteiger partial charge in [0.2, 0.25) is 0 Å². The minimum Gasteiger partial charge on any atom is -0.285 e. The molecule has 0 aromatic carbocycles. The second kappa shape index (κ2) is 4.84. The van der Waals surface area contributed by atoms with Crippen LogP contribution in [0.15, 0.2) is 35.0 Å². The maximum Gasteiger partial charge on any atom is 0.344 e. The molecule has 0 saturated carbocycles. The van der Waals surface area contributed by atoms with E-state index < -0.39 is 0 Å². The number of allylic oxidation sites excluding steroid dienone is 1. The molecule has 0 atom stereocenters. The van der Waals surface area contributed by atoms with Crippen molar-refractivity contribution in [3.05, 3.63) is 41.1 Å². The second-order valence-electron chi connectivity index (χ2n) is 3.11. The molecule has 2 aromatic heterocycles. The van der Waals surface area contributed by atoms with E-state index in [4.69, 9.17) is 0 Å². The first-order valence-electron chi connectivity index (χ1n) is 4.68. The molecule has 0 aliphatic rings. The number of H-pyrrole nitrogens is 2. The molecule has 0 unspecified atom stereocenters. The fourth-order valence-electron chi connectivity index (χ4n) is 1.21. The molecule has 0 spiro atoms. The van der Waals surface area contributed by atoms with E-state index in [1.165, 1.54) is 16.3 Å². The molecule has 0 saturated heterocycles. The molecular weight excluding hydrogens is 226 g/mol. The lowest BCUT2D eigenvalue weighted by atomic mass is 10.4. The highest BCUT2D eigenvalue weighted by Gasteiger charge is 2.07. The summed E-state index contributed by atoms with van der Waals surface area (Å²) in [6, 6.07) is 0. The van der Waals surface area contributed by atoms with Gasteiger partial charge in [-0.3, -0.25) is 9.67 Å². The molecule has 6 nitrogen and oxygen atoms in total. The van der Waals surface area contributed by atoms with Crippen molar-refractivity contribution in [1.29, 1.82) is 0 Å². The summed E-state index contributed by atoms with van der Waals surface area (Å²) in [5, 5.41) is 13.6. The lowest BCUT2D eigenvalue weighted by Crippen LogP contribution is -2.16. The summed E-state index contributed by atoms with van der Waals surface area (Å²) >= 11 is 1.48. The molecule has 0 radical (unpaired) electrons. The highest BCUT2D eigenvalue weighted by Crippen LogP contribution is 2.18. The van der Waals surface area contributed by atoms with Crippen LogP contribution in [-0.4, -0.2) is 25.0 Å². The minimum atomic E-state index is -0.213. The van der Waals surface area contributed by atoms with Crippen LogP contribution in [0.3, 0.4) is 0 Å². The van der Waals surface area contributed by atoms with Crippen LogP contribution in [0.1, 0.15) is 5.56 Å². The van der Waals surface area contributed by atoms with Gasteiger partial charge in [0.25, 0.3) is 0 Å². The van der Waals surface area contributed by atoms with Crippen LogP contribution in [0.25, 0.3) is 0 Å². The predicted molar refractivity (Wildman–Crippen MR) is 61.2 cm³/mol. The molecule has 84 valence electrons. The van der Waals surface area contributed by atoms with Crippen molar-refractivity contribution in [3.8, 4) is 0 Å². The average Bonchev–Trinajstić information content (AvgIpc) is 2.89. The van der Waals surface area contributed by atoms with Gasteiger partial charge >= 0.3 is 5.69 Å². The Bertz CT molecular complexity index is 512. The van der Waals surface area contributed by atoms with E-state index in [1.54, 1.807) is 12.3 Å². The van der Waals surface area contributed by atoms with Gasteiger partial charge in [0.1, 0.15) is 0 Å². The number of nitrogens with one attached hydrogen (secondary N) is 2. The van der Waals surface area contributed by atoms with Crippen molar-refractivity contribution in [1.82, 2.24) is 25.0 Å². The number of nitrogens with zero attached hydrogens (tertiary/aromatic N) is 3. The summed E-state index contributed by atoms with van der Waals surface area (Å²) in [6.45, 7) is 4.06. The maximum absolute atomic E-state index is 11.4. The molecule has 7 heteroatoms. The molecule has 0 fully saturated rings. The number of rotatable bonds is 5. The largest absolute Gasteiger partial charge is 0.344 e. The Kier molecular flexibility index (Phi) is 3.25. The summed E-state index contributed by atoms with van der Waals surface area (Å²) in [7, 11) is 0. The smallest absolute Gasteiger partial charge is 0.285 e. The first-order valence-corrected chi connectivity index (χ1v) is 5.66. The quantitative estimate of drug-likeness (QED) is 0.594. The second-order valence-corrected chi connectivity index (χ2v) is 4.05. The Labute approximate surface area is 95.8 Å². The number of aromatic amines is 2. The van der Waals surface area contributed by atoms with Crippen LogP contribution in [-0.2, 0) is 12.3 Å². The highest BCUT2D eigenvalue weighted by molar-refractivity contribution is 7.98. The van der Waals surface area contributed by atoms with E-state index >= 15 is 0 Å². The average molecular weight is 237 g/mol. The van der Waals surface area contributed by atoms with Gasteiger partial charge in [0.05, 0.1) is 6.20 Å². The number of aromatic nitrogens is 5. The van der Waals surface area contributed by atoms with Gasteiger partial charge in [-0.1, -0.05) is 17.8 Å². The fourth-order valence-corrected chi connectivity index (χ4v) is 2.09. The Balaban J connectivity index is 2.09. The van der Waals surface area contributed by atoms with Gasteiger partial charge < -0.3 is 0 Å². The highest BCUT2D eigenvalue weighted by atomic mass is 32.2. The molecule has 2 N–H and O–H groups in total. The zero-order valence-electron chi connectivity index (χ0n) is 8.51. The van der Waals surface area contributed by atoms with E-state index in [2.05, 4.69) is 27.0 Å². The fraction of sp³-hybridized carbons (Fsp3) is 0.222. The van der Waals surface area contributed by atoms with Gasteiger partial charge in [-0.05, 0) is 0 Å². The van der Waals surface area contributed by atoms with Crippen molar-refractivity contribution < 1.29 is 0 Å². The maximum atomic E-state index is 11.4. The van der Waals surface area contributed by atoms with Crippen LogP contribution in [0, 0.1) is 0 Å². The molecule has 16 heavy (non-hydrogen) atoms. The Morgan fingerprint density at radius 2 is 2.50 bits per heavy atom. The summed E-state index contributed by atoms with van der Waals surface area (Å²) in [6.07, 6.45) is 5.23. The van der Waals surface area contributed by atoms with Crippen molar-refractivity contribution in [2.45, 2.75) is 17.5 Å². The monoisotopic (exact) mass is 237 g/mol. The van der Waals surface area contributed by atoms with Crippen LogP contribution in [0.4, 0.5) is 0 Å². The summed E-state index contributed by atoms with van der Waals surface area (Å²) in [5.74, 6) is 0.720. The molecule has 2 aromatic rings. The van der Waals surface area contributed by atoms with Crippen LogP contribution < -0.4 is 5.69 Å².